The average molecular weight is 194 g/mol. The summed E-state index contributed by atoms with van der Waals surface area (Å²) in [4.78, 5) is 11.3. The van der Waals surface area contributed by atoms with Crippen molar-refractivity contribution in [3.63, 3.8) is 0 Å². The number of allylic oxidation sites excluding steroid dienone is 1. The standard InChI is InChI=1S/C12H18O2/c1-3-14-12(13)7-11-6-9-5-10(11)4-8(9)2/h9-11H,2-7H2,1H3/t9-,10+,11-/m1/s1. The van der Waals surface area contributed by atoms with E-state index in [4.69, 9.17) is 4.74 Å². The number of carbonyl (C=O) groups is 1. The van der Waals surface area contributed by atoms with Crippen LogP contribution < -0.4 is 0 Å². The molecule has 14 heavy (non-hydrogen) atoms. The zero-order chi connectivity index (χ0) is 10.1. The normalized spacial score (nSPS) is 34.9. The Morgan fingerprint density at radius 2 is 2.36 bits per heavy atom. The first-order chi connectivity index (χ1) is 6.70. The quantitative estimate of drug-likeness (QED) is 0.510. The third kappa shape index (κ3) is 1.70. The lowest BCUT2D eigenvalue weighted by molar-refractivity contribution is -0.144. The van der Waals surface area contributed by atoms with Gasteiger partial charge in [0.1, 0.15) is 0 Å². The first kappa shape index (κ1) is 9.75. The van der Waals surface area contributed by atoms with Crippen molar-refractivity contribution in [1.29, 1.82) is 0 Å². The van der Waals surface area contributed by atoms with Crippen molar-refractivity contribution in [2.75, 3.05) is 6.61 Å². The van der Waals surface area contributed by atoms with Gasteiger partial charge in [-0.2, -0.15) is 0 Å². The minimum atomic E-state index is -0.0179. The third-order valence-corrected chi connectivity index (χ3v) is 3.68. The summed E-state index contributed by atoms with van der Waals surface area (Å²) in [6.45, 7) is 6.44. The van der Waals surface area contributed by atoms with E-state index in [1.54, 1.807) is 0 Å². The summed E-state index contributed by atoms with van der Waals surface area (Å²) in [7, 11) is 0. The fourth-order valence-corrected chi connectivity index (χ4v) is 2.98. The predicted molar refractivity (Wildman–Crippen MR) is 54.7 cm³/mol. The molecule has 0 amide bonds. The molecule has 78 valence electrons. The Hall–Kier alpha value is -0.790. The molecule has 2 aliphatic rings. The van der Waals surface area contributed by atoms with Gasteiger partial charge in [-0.15, -0.1) is 0 Å². The van der Waals surface area contributed by atoms with Gasteiger partial charge in [-0.1, -0.05) is 12.2 Å². The zero-order valence-electron chi connectivity index (χ0n) is 8.79. The van der Waals surface area contributed by atoms with Crippen molar-refractivity contribution in [3.8, 4) is 0 Å². The topological polar surface area (TPSA) is 26.3 Å². The molecule has 2 nitrogen and oxygen atoms in total. The number of rotatable bonds is 3. The highest BCUT2D eigenvalue weighted by atomic mass is 16.5. The minimum Gasteiger partial charge on any atom is -0.466 e. The maximum atomic E-state index is 11.3. The number of ether oxygens (including phenoxy) is 1. The molecule has 2 bridgehead atoms. The van der Waals surface area contributed by atoms with Crippen molar-refractivity contribution in [2.24, 2.45) is 17.8 Å². The summed E-state index contributed by atoms with van der Waals surface area (Å²) in [5.74, 6) is 1.98. The second-order valence-corrected chi connectivity index (χ2v) is 4.56. The largest absolute Gasteiger partial charge is 0.466 e. The summed E-state index contributed by atoms with van der Waals surface area (Å²) in [5, 5.41) is 0. The van der Waals surface area contributed by atoms with Crippen LogP contribution in [0.3, 0.4) is 0 Å². The summed E-state index contributed by atoms with van der Waals surface area (Å²) in [6.07, 6.45) is 4.21. The van der Waals surface area contributed by atoms with Gasteiger partial charge in [-0.3, -0.25) is 4.79 Å². The van der Waals surface area contributed by atoms with Crippen molar-refractivity contribution in [2.45, 2.75) is 32.6 Å². The molecular formula is C12H18O2. The van der Waals surface area contributed by atoms with Crippen LogP contribution in [0.4, 0.5) is 0 Å². The Morgan fingerprint density at radius 1 is 1.57 bits per heavy atom. The zero-order valence-corrected chi connectivity index (χ0v) is 8.79. The van der Waals surface area contributed by atoms with Crippen LogP contribution in [0.2, 0.25) is 0 Å². The molecule has 2 heteroatoms. The Labute approximate surface area is 85.3 Å². The van der Waals surface area contributed by atoms with Gasteiger partial charge in [0.2, 0.25) is 0 Å². The van der Waals surface area contributed by atoms with E-state index in [1.165, 1.54) is 18.4 Å². The lowest BCUT2D eigenvalue weighted by Gasteiger charge is -2.21. The average Bonchev–Trinajstić information content (AvgIpc) is 2.63. The molecular weight excluding hydrogens is 176 g/mol. The van der Waals surface area contributed by atoms with Gasteiger partial charge in [0.15, 0.2) is 0 Å². The number of hydrogen-bond acceptors (Lipinski definition) is 2. The molecule has 2 rings (SSSR count). The summed E-state index contributed by atoms with van der Waals surface area (Å²) >= 11 is 0. The van der Waals surface area contributed by atoms with E-state index in [0.29, 0.717) is 24.9 Å². The number of carbonyl (C=O) groups excluding carboxylic acids is 1. The van der Waals surface area contributed by atoms with Crippen molar-refractivity contribution < 1.29 is 9.53 Å². The van der Waals surface area contributed by atoms with E-state index in [0.717, 1.165) is 12.3 Å². The van der Waals surface area contributed by atoms with Crippen LogP contribution in [-0.4, -0.2) is 12.6 Å². The Kier molecular flexibility index (Phi) is 2.62. The number of hydrogen-bond donors (Lipinski definition) is 0. The molecule has 0 radical (unpaired) electrons. The molecule has 2 saturated carbocycles. The fraction of sp³-hybridized carbons (Fsp3) is 0.750. The highest BCUT2D eigenvalue weighted by Gasteiger charge is 2.42. The molecule has 0 spiro atoms. The smallest absolute Gasteiger partial charge is 0.306 e. The van der Waals surface area contributed by atoms with Crippen molar-refractivity contribution >= 4 is 5.97 Å². The van der Waals surface area contributed by atoms with E-state index >= 15 is 0 Å². The molecule has 2 fully saturated rings. The molecule has 0 aromatic rings. The summed E-state index contributed by atoms with van der Waals surface area (Å²) in [5.41, 5.74) is 1.41. The van der Waals surface area contributed by atoms with Crippen LogP contribution in [0.1, 0.15) is 32.6 Å². The summed E-state index contributed by atoms with van der Waals surface area (Å²) in [6, 6.07) is 0. The van der Waals surface area contributed by atoms with Crippen LogP contribution in [-0.2, 0) is 9.53 Å². The van der Waals surface area contributed by atoms with Crippen LogP contribution in [0.5, 0.6) is 0 Å². The molecule has 0 aromatic carbocycles. The van der Waals surface area contributed by atoms with Crippen LogP contribution >= 0.6 is 0 Å². The van der Waals surface area contributed by atoms with Gasteiger partial charge in [-0.25, -0.2) is 0 Å². The second kappa shape index (κ2) is 3.76. The van der Waals surface area contributed by atoms with E-state index in [1.807, 2.05) is 6.92 Å². The third-order valence-electron chi connectivity index (χ3n) is 3.68. The van der Waals surface area contributed by atoms with Gasteiger partial charge in [0, 0.05) is 6.42 Å². The van der Waals surface area contributed by atoms with Gasteiger partial charge >= 0.3 is 5.97 Å². The van der Waals surface area contributed by atoms with Crippen LogP contribution in [0.15, 0.2) is 12.2 Å². The van der Waals surface area contributed by atoms with E-state index in [9.17, 15) is 4.79 Å². The van der Waals surface area contributed by atoms with Crippen molar-refractivity contribution in [3.05, 3.63) is 12.2 Å². The molecule has 0 aliphatic heterocycles. The molecule has 0 saturated heterocycles. The SMILES string of the molecule is C=C1C[C@H]2C[C@@H]1C[C@@H]2CC(=O)OCC. The monoisotopic (exact) mass is 194 g/mol. The molecule has 2 aliphatic carbocycles. The van der Waals surface area contributed by atoms with Crippen molar-refractivity contribution in [1.82, 2.24) is 0 Å². The maximum Gasteiger partial charge on any atom is 0.306 e. The summed E-state index contributed by atoms with van der Waals surface area (Å²) < 4.78 is 4.98. The molecule has 0 aromatic heterocycles. The van der Waals surface area contributed by atoms with Gasteiger partial charge in [0.25, 0.3) is 0 Å². The highest BCUT2D eigenvalue weighted by molar-refractivity contribution is 5.69. The Balaban J connectivity index is 1.85. The molecule has 0 N–H and O–H groups in total. The predicted octanol–water partition coefficient (Wildman–Crippen LogP) is 2.54. The second-order valence-electron chi connectivity index (χ2n) is 4.56. The fourth-order valence-electron chi connectivity index (χ4n) is 2.98. The van der Waals surface area contributed by atoms with E-state index < -0.39 is 0 Å². The van der Waals surface area contributed by atoms with Gasteiger partial charge < -0.3 is 4.74 Å². The minimum absolute atomic E-state index is 0.0179. The maximum absolute atomic E-state index is 11.3. The lowest BCUT2D eigenvalue weighted by Crippen LogP contribution is -2.17. The Bertz CT molecular complexity index is 257. The first-order valence-corrected chi connectivity index (χ1v) is 5.54. The van der Waals surface area contributed by atoms with E-state index in [-0.39, 0.29) is 5.97 Å². The number of fused-ring (bicyclic) bond motifs is 2. The number of esters is 1. The first-order valence-electron chi connectivity index (χ1n) is 5.54. The van der Waals surface area contributed by atoms with Crippen LogP contribution in [0.25, 0.3) is 0 Å². The van der Waals surface area contributed by atoms with Gasteiger partial charge in [-0.05, 0) is 43.9 Å². The molecule has 0 unspecified atom stereocenters. The van der Waals surface area contributed by atoms with Gasteiger partial charge in [0.05, 0.1) is 6.61 Å². The van der Waals surface area contributed by atoms with Crippen LogP contribution in [0, 0.1) is 17.8 Å². The highest BCUT2D eigenvalue weighted by Crippen LogP contribution is 2.51. The lowest BCUT2D eigenvalue weighted by atomic mass is 9.84. The Morgan fingerprint density at radius 3 is 2.86 bits per heavy atom. The van der Waals surface area contributed by atoms with E-state index in [2.05, 4.69) is 6.58 Å². The molecule has 3 atom stereocenters. The molecule has 0 heterocycles.